The standard InChI is InChI=1S/C16H17F2NO/c1-3-19-10-12-4-6-15(11(2)8-12)20-16-7-5-13(17)9-14(16)18/h4-9,19H,3,10H2,1-2H3. The molecule has 4 heteroatoms. The van der Waals surface area contributed by atoms with Crippen molar-refractivity contribution < 1.29 is 13.5 Å². The van der Waals surface area contributed by atoms with Crippen LogP contribution in [0.3, 0.4) is 0 Å². The topological polar surface area (TPSA) is 21.3 Å². The highest BCUT2D eigenvalue weighted by molar-refractivity contribution is 5.40. The van der Waals surface area contributed by atoms with Gasteiger partial charge in [0.1, 0.15) is 11.6 Å². The second-order valence-corrected chi connectivity index (χ2v) is 4.56. The zero-order valence-corrected chi connectivity index (χ0v) is 11.5. The Balaban J connectivity index is 2.17. The third kappa shape index (κ3) is 3.54. The summed E-state index contributed by atoms with van der Waals surface area (Å²) in [5.41, 5.74) is 2.04. The summed E-state index contributed by atoms with van der Waals surface area (Å²) in [6.07, 6.45) is 0. The molecule has 0 atom stereocenters. The first kappa shape index (κ1) is 14.5. The van der Waals surface area contributed by atoms with Crippen LogP contribution in [-0.2, 0) is 6.54 Å². The predicted octanol–water partition coefficient (Wildman–Crippen LogP) is 4.18. The fourth-order valence-corrected chi connectivity index (χ4v) is 1.88. The minimum Gasteiger partial charge on any atom is -0.454 e. The molecule has 2 aromatic rings. The highest BCUT2D eigenvalue weighted by Gasteiger charge is 2.08. The summed E-state index contributed by atoms with van der Waals surface area (Å²) in [5.74, 6) is -0.738. The van der Waals surface area contributed by atoms with E-state index in [-0.39, 0.29) is 5.75 Å². The van der Waals surface area contributed by atoms with E-state index in [9.17, 15) is 8.78 Å². The van der Waals surface area contributed by atoms with Crippen LogP contribution in [0.5, 0.6) is 11.5 Å². The van der Waals surface area contributed by atoms with E-state index in [0.717, 1.165) is 30.3 Å². The maximum absolute atomic E-state index is 13.5. The fraction of sp³-hybridized carbons (Fsp3) is 0.250. The smallest absolute Gasteiger partial charge is 0.168 e. The third-order valence-corrected chi connectivity index (χ3v) is 2.93. The van der Waals surface area contributed by atoms with Crippen molar-refractivity contribution in [1.82, 2.24) is 5.32 Å². The summed E-state index contributed by atoms with van der Waals surface area (Å²) < 4.78 is 31.9. The van der Waals surface area contributed by atoms with E-state index in [2.05, 4.69) is 5.32 Å². The van der Waals surface area contributed by atoms with Crippen molar-refractivity contribution in [2.45, 2.75) is 20.4 Å². The molecule has 0 heterocycles. The van der Waals surface area contributed by atoms with E-state index in [1.807, 2.05) is 26.0 Å². The van der Waals surface area contributed by atoms with E-state index >= 15 is 0 Å². The molecule has 0 aliphatic rings. The molecule has 106 valence electrons. The lowest BCUT2D eigenvalue weighted by atomic mass is 10.1. The van der Waals surface area contributed by atoms with Gasteiger partial charge in [-0.25, -0.2) is 8.78 Å². The molecule has 0 aliphatic heterocycles. The van der Waals surface area contributed by atoms with E-state index in [1.165, 1.54) is 12.1 Å². The minimum atomic E-state index is -0.707. The van der Waals surface area contributed by atoms with Crippen molar-refractivity contribution in [2.24, 2.45) is 0 Å². The van der Waals surface area contributed by atoms with Crippen LogP contribution in [-0.4, -0.2) is 6.54 Å². The first-order valence-electron chi connectivity index (χ1n) is 6.53. The molecule has 0 aromatic heterocycles. The van der Waals surface area contributed by atoms with Crippen LogP contribution in [0.4, 0.5) is 8.78 Å². The number of benzene rings is 2. The number of nitrogens with one attached hydrogen (secondary N) is 1. The second-order valence-electron chi connectivity index (χ2n) is 4.56. The average Bonchev–Trinajstić information content (AvgIpc) is 2.42. The Morgan fingerprint density at radius 1 is 1.05 bits per heavy atom. The molecule has 0 spiro atoms. The van der Waals surface area contributed by atoms with Crippen LogP contribution in [0.15, 0.2) is 36.4 Å². The Morgan fingerprint density at radius 3 is 2.45 bits per heavy atom. The van der Waals surface area contributed by atoms with Gasteiger partial charge < -0.3 is 10.1 Å². The normalized spacial score (nSPS) is 10.6. The number of ether oxygens (including phenoxy) is 1. The summed E-state index contributed by atoms with van der Waals surface area (Å²) in [7, 11) is 0. The van der Waals surface area contributed by atoms with Crippen molar-refractivity contribution in [3.05, 3.63) is 59.2 Å². The molecular formula is C16H17F2NO. The Hall–Kier alpha value is -1.94. The number of halogens is 2. The Morgan fingerprint density at radius 2 is 1.80 bits per heavy atom. The Bertz CT molecular complexity index is 599. The van der Waals surface area contributed by atoms with Gasteiger partial charge in [-0.3, -0.25) is 0 Å². The maximum atomic E-state index is 13.5. The molecule has 0 fully saturated rings. The lowest BCUT2D eigenvalue weighted by Crippen LogP contribution is -2.11. The summed E-state index contributed by atoms with van der Waals surface area (Å²) in [6.45, 7) is 5.62. The van der Waals surface area contributed by atoms with Gasteiger partial charge in [-0.05, 0) is 42.8 Å². The predicted molar refractivity (Wildman–Crippen MR) is 75.0 cm³/mol. The molecular weight excluding hydrogens is 260 g/mol. The quantitative estimate of drug-likeness (QED) is 0.885. The zero-order chi connectivity index (χ0) is 14.5. The molecule has 2 rings (SSSR count). The molecule has 2 nitrogen and oxygen atoms in total. The molecule has 0 saturated carbocycles. The average molecular weight is 277 g/mol. The van der Waals surface area contributed by atoms with E-state index in [4.69, 9.17) is 4.74 Å². The summed E-state index contributed by atoms with van der Waals surface area (Å²) in [4.78, 5) is 0. The van der Waals surface area contributed by atoms with Gasteiger partial charge in [0.15, 0.2) is 11.6 Å². The number of hydrogen-bond donors (Lipinski definition) is 1. The molecule has 0 saturated heterocycles. The monoisotopic (exact) mass is 277 g/mol. The van der Waals surface area contributed by atoms with Crippen molar-refractivity contribution in [2.75, 3.05) is 6.54 Å². The number of rotatable bonds is 5. The van der Waals surface area contributed by atoms with E-state index < -0.39 is 11.6 Å². The van der Waals surface area contributed by atoms with Crippen LogP contribution >= 0.6 is 0 Å². The largest absolute Gasteiger partial charge is 0.454 e. The third-order valence-electron chi connectivity index (χ3n) is 2.93. The van der Waals surface area contributed by atoms with Gasteiger partial charge in [0.2, 0.25) is 0 Å². The SMILES string of the molecule is CCNCc1ccc(Oc2ccc(F)cc2F)c(C)c1. The van der Waals surface area contributed by atoms with Crippen molar-refractivity contribution in [3.63, 3.8) is 0 Å². The van der Waals surface area contributed by atoms with Crippen molar-refractivity contribution in [1.29, 1.82) is 0 Å². The Kier molecular flexibility index (Phi) is 4.69. The molecule has 0 aliphatic carbocycles. The zero-order valence-electron chi connectivity index (χ0n) is 11.5. The lowest BCUT2D eigenvalue weighted by Gasteiger charge is -2.11. The van der Waals surface area contributed by atoms with Gasteiger partial charge in [0.25, 0.3) is 0 Å². The molecule has 0 radical (unpaired) electrons. The van der Waals surface area contributed by atoms with Gasteiger partial charge in [0.05, 0.1) is 0 Å². The maximum Gasteiger partial charge on any atom is 0.168 e. The van der Waals surface area contributed by atoms with Gasteiger partial charge >= 0.3 is 0 Å². The molecule has 1 N–H and O–H groups in total. The van der Waals surface area contributed by atoms with Crippen LogP contribution in [0.1, 0.15) is 18.1 Å². The van der Waals surface area contributed by atoms with Crippen LogP contribution in [0.2, 0.25) is 0 Å². The highest BCUT2D eigenvalue weighted by Crippen LogP contribution is 2.28. The van der Waals surface area contributed by atoms with Crippen molar-refractivity contribution >= 4 is 0 Å². The van der Waals surface area contributed by atoms with Gasteiger partial charge in [-0.15, -0.1) is 0 Å². The first-order chi connectivity index (χ1) is 9.60. The van der Waals surface area contributed by atoms with Crippen LogP contribution in [0, 0.1) is 18.6 Å². The fourth-order valence-electron chi connectivity index (χ4n) is 1.88. The number of hydrogen-bond acceptors (Lipinski definition) is 2. The van der Waals surface area contributed by atoms with E-state index in [0.29, 0.717) is 5.75 Å². The Labute approximate surface area is 117 Å². The minimum absolute atomic E-state index is 0.0222. The van der Waals surface area contributed by atoms with E-state index in [1.54, 1.807) is 6.07 Å². The summed E-state index contributed by atoms with van der Waals surface area (Å²) in [5, 5.41) is 3.23. The second kappa shape index (κ2) is 6.48. The molecule has 0 bridgehead atoms. The molecule has 20 heavy (non-hydrogen) atoms. The molecule has 0 amide bonds. The van der Waals surface area contributed by atoms with Gasteiger partial charge in [-0.2, -0.15) is 0 Å². The van der Waals surface area contributed by atoms with Gasteiger partial charge in [0, 0.05) is 12.6 Å². The first-order valence-corrected chi connectivity index (χ1v) is 6.53. The summed E-state index contributed by atoms with van der Waals surface area (Å²) in [6, 6.07) is 8.98. The van der Waals surface area contributed by atoms with Crippen LogP contribution in [0.25, 0.3) is 0 Å². The molecule has 0 unspecified atom stereocenters. The molecule has 2 aromatic carbocycles. The summed E-state index contributed by atoms with van der Waals surface area (Å²) >= 11 is 0. The lowest BCUT2D eigenvalue weighted by molar-refractivity contribution is 0.435. The van der Waals surface area contributed by atoms with Crippen molar-refractivity contribution in [3.8, 4) is 11.5 Å². The van der Waals surface area contributed by atoms with Crippen LogP contribution < -0.4 is 10.1 Å². The van der Waals surface area contributed by atoms with Gasteiger partial charge in [-0.1, -0.05) is 19.1 Å². The number of aryl methyl sites for hydroxylation is 1. The highest BCUT2D eigenvalue weighted by atomic mass is 19.1.